The largest absolute Gasteiger partial charge is 0.433 e. The van der Waals surface area contributed by atoms with E-state index in [0.29, 0.717) is 37.9 Å². The fourth-order valence-corrected chi connectivity index (χ4v) is 7.48. The number of carbonyl (C=O) groups excluding carboxylic acids is 3. The average Bonchev–Trinajstić information content (AvgIpc) is 3.47. The molecular weight excluding hydrogens is 1100 g/mol. The zero-order valence-corrected chi connectivity index (χ0v) is 44.3. The van der Waals surface area contributed by atoms with E-state index in [0.717, 1.165) is 12.4 Å². The second-order valence-electron chi connectivity index (χ2n) is 18.1. The Kier molecular flexibility index (Phi) is 31.6. The molecule has 2 aromatic heterocycles. The molecule has 0 saturated carbocycles. The predicted molar refractivity (Wildman–Crippen MR) is 268 cm³/mol. The Morgan fingerprint density at radius 3 is 1.52 bits per heavy atom. The van der Waals surface area contributed by atoms with E-state index in [1.165, 1.54) is 0 Å². The van der Waals surface area contributed by atoms with Gasteiger partial charge < -0.3 is 89.6 Å². The molecule has 0 bridgehead atoms. The van der Waals surface area contributed by atoms with Crippen LogP contribution in [0.25, 0.3) is 10.4 Å². The van der Waals surface area contributed by atoms with Crippen molar-refractivity contribution < 1.29 is 104 Å². The molecule has 0 radical (unpaired) electrons. The number of hydrogen-bond donors (Lipinski definition) is 9. The smallest absolute Gasteiger partial charge is 0.388 e. The summed E-state index contributed by atoms with van der Waals surface area (Å²) >= 11 is 0. The molecule has 2 aromatic rings. The van der Waals surface area contributed by atoms with E-state index in [2.05, 4.69) is 56.5 Å². The quantitative estimate of drug-likeness (QED) is 0.0142. The molecule has 28 nitrogen and oxygen atoms in total. The van der Waals surface area contributed by atoms with E-state index in [1.54, 1.807) is 0 Å². The monoisotopic (exact) mass is 1170 g/mol. The molecule has 0 aliphatic carbocycles. The lowest BCUT2D eigenvalue weighted by Gasteiger charge is -2.37. The number of amides is 3. The maximum absolute atomic E-state index is 13.0. The van der Waals surface area contributed by atoms with Gasteiger partial charge in [0, 0.05) is 56.2 Å². The van der Waals surface area contributed by atoms with E-state index >= 15 is 0 Å². The Hall–Kier alpha value is -5.46. The van der Waals surface area contributed by atoms with E-state index in [1.807, 2.05) is 0 Å². The summed E-state index contributed by atoms with van der Waals surface area (Å²) in [5, 5.41) is 58.8. The van der Waals surface area contributed by atoms with Gasteiger partial charge in [-0.15, -0.1) is 0 Å². The molecule has 9 N–H and O–H groups in total. The lowest BCUT2D eigenvalue weighted by atomic mass is 9.98. The number of aliphatic hydroxyl groups is 4. The van der Waals surface area contributed by atoms with Crippen LogP contribution in [0.4, 0.5) is 38.2 Å². The highest BCUT2D eigenvalue weighted by Crippen LogP contribution is 2.29. The van der Waals surface area contributed by atoms with Gasteiger partial charge in [-0.05, 0) is 30.5 Å². The Balaban J connectivity index is 0.982. The van der Waals surface area contributed by atoms with Crippen LogP contribution in [0.2, 0.25) is 0 Å². The van der Waals surface area contributed by atoms with Gasteiger partial charge >= 0.3 is 12.4 Å². The fourth-order valence-electron chi connectivity index (χ4n) is 7.48. The Morgan fingerprint density at radius 2 is 1.05 bits per heavy atom. The number of anilines is 2. The average molecular weight is 1180 g/mol. The number of alkyl halides is 6. The molecule has 2 aliphatic rings. The van der Waals surface area contributed by atoms with E-state index in [4.69, 9.17) is 48.2 Å². The van der Waals surface area contributed by atoms with Gasteiger partial charge in [0.25, 0.3) is 0 Å². The lowest BCUT2D eigenvalue weighted by molar-refractivity contribution is -0.161. The van der Waals surface area contributed by atoms with Crippen LogP contribution in [0, 0.1) is 0 Å². The summed E-state index contributed by atoms with van der Waals surface area (Å²) in [6.45, 7) is 1.63. The van der Waals surface area contributed by atoms with E-state index in [9.17, 15) is 61.2 Å². The highest BCUT2D eigenvalue weighted by atomic mass is 19.4. The second kappa shape index (κ2) is 37.6. The minimum absolute atomic E-state index is 0.00303. The van der Waals surface area contributed by atoms with Crippen molar-refractivity contribution in [2.75, 3.05) is 136 Å². The van der Waals surface area contributed by atoms with Gasteiger partial charge in [-0.25, -0.2) is 19.9 Å². The minimum Gasteiger partial charge on any atom is -0.388 e. The molecule has 2 aliphatic heterocycles. The van der Waals surface area contributed by atoms with Crippen LogP contribution in [0.15, 0.2) is 29.6 Å². The zero-order chi connectivity index (χ0) is 58.9. The van der Waals surface area contributed by atoms with E-state index < -0.39 is 84.4 Å². The number of carbonyl (C=O) groups is 3. The van der Waals surface area contributed by atoms with Crippen molar-refractivity contribution in [1.82, 2.24) is 35.9 Å². The fraction of sp³-hybridized carbons (Fsp3) is 0.766. The molecule has 1 unspecified atom stereocenters. The Morgan fingerprint density at radius 1 is 0.605 bits per heavy atom. The molecule has 81 heavy (non-hydrogen) atoms. The van der Waals surface area contributed by atoms with Crippen LogP contribution in [-0.2, 0) is 69.4 Å². The third-order valence-corrected chi connectivity index (χ3v) is 11.8. The van der Waals surface area contributed by atoms with Crippen molar-refractivity contribution >= 4 is 29.6 Å². The SMILES string of the molecule is [N-]=[N+]=NCCCCCC(=O)NC(COCCC(=O)NCCOCCOCCOCCOC[C@H]1OC[C@H](Nc2nccc(C(F)(F)F)n2)[C@@H](O)[C@H]1O)COCCC(=O)NCCOC[C@H]1OC[C@H](Nc2nccc(C(F)(F)F)n2)[C@@H](O)[C@H]1O. The van der Waals surface area contributed by atoms with Crippen LogP contribution in [0.3, 0.4) is 0 Å². The van der Waals surface area contributed by atoms with Gasteiger partial charge in [-0.2, -0.15) is 26.3 Å². The van der Waals surface area contributed by atoms with Crippen molar-refractivity contribution in [3.05, 3.63) is 46.4 Å². The molecule has 2 saturated heterocycles. The molecule has 34 heteroatoms. The molecule has 0 aromatic carbocycles. The first-order valence-corrected chi connectivity index (χ1v) is 26.0. The second-order valence-corrected chi connectivity index (χ2v) is 18.1. The number of hydrogen-bond acceptors (Lipinski definition) is 23. The maximum atomic E-state index is 13.0. The number of halogens is 6. The third-order valence-electron chi connectivity index (χ3n) is 11.8. The van der Waals surface area contributed by atoms with Crippen molar-refractivity contribution in [2.24, 2.45) is 5.11 Å². The number of unbranched alkanes of at least 4 members (excludes halogenated alkanes) is 2. The molecular formula is C47H72F6N12O16. The molecule has 458 valence electrons. The molecule has 0 spiro atoms. The van der Waals surface area contributed by atoms with Crippen molar-refractivity contribution in [1.29, 1.82) is 0 Å². The predicted octanol–water partition coefficient (Wildman–Crippen LogP) is 0.291. The van der Waals surface area contributed by atoms with Crippen molar-refractivity contribution in [3.8, 4) is 0 Å². The van der Waals surface area contributed by atoms with Gasteiger partial charge in [0.05, 0.1) is 124 Å². The summed E-state index contributed by atoms with van der Waals surface area (Å²) in [7, 11) is 0. The number of azide groups is 1. The lowest BCUT2D eigenvalue weighted by Crippen LogP contribution is -2.57. The van der Waals surface area contributed by atoms with Crippen LogP contribution in [0.5, 0.6) is 0 Å². The molecule has 2 fully saturated rings. The molecule has 4 rings (SSSR count). The molecule has 9 atom stereocenters. The number of nitrogens with zero attached hydrogens (tertiary/aromatic N) is 7. The number of ether oxygens (including phenoxy) is 9. The summed E-state index contributed by atoms with van der Waals surface area (Å²) in [6, 6.07) is -1.20. The van der Waals surface area contributed by atoms with Gasteiger partial charge in [-0.1, -0.05) is 11.5 Å². The standard InChI is InChI=1S/C47H72F6N12O16/c48-46(49,50)35-5-10-57-44(63-35)61-31-26-80-33(42(71)40(31)69)28-78-17-13-56-38(67)8-15-77-25-30(60-39(68)4-2-1-3-9-59-65-54)24-76-14-7-37(66)55-12-16-73-18-19-74-20-21-75-22-23-79-29-34-43(72)41(70)32(27-81-34)62-45-58-11-6-36(64-45)47(51,52)53/h5-6,10-11,30-34,40-43,69-72H,1-4,7-9,12-29H2,(H,55,66)(H,56,67)(H,60,68)(H,57,61,63)(H,58,62,64)/t30?,31-,32-,33+,34+,40+,41+,42-,43-/m0/s1. The van der Waals surface area contributed by atoms with Gasteiger partial charge in [0.1, 0.15) is 48.0 Å². The Labute approximate surface area is 461 Å². The molecule has 3 amide bonds. The normalized spacial score (nSPS) is 21.6. The molecule has 4 heterocycles. The van der Waals surface area contributed by atoms with E-state index in [-0.39, 0.29) is 162 Å². The summed E-state index contributed by atoms with van der Waals surface area (Å²) in [5.74, 6) is -1.72. The van der Waals surface area contributed by atoms with Gasteiger partial charge in [0.15, 0.2) is 0 Å². The van der Waals surface area contributed by atoms with Crippen LogP contribution < -0.4 is 26.6 Å². The van der Waals surface area contributed by atoms with Gasteiger partial charge in [-0.3, -0.25) is 14.4 Å². The van der Waals surface area contributed by atoms with Crippen molar-refractivity contribution in [2.45, 2.75) is 106 Å². The first kappa shape index (κ1) is 68.0. The van der Waals surface area contributed by atoms with Crippen LogP contribution in [-0.4, -0.2) is 238 Å². The number of aromatic nitrogens is 4. The topological polar surface area (TPSA) is 376 Å². The third kappa shape index (κ3) is 27.4. The van der Waals surface area contributed by atoms with Crippen LogP contribution in [0.1, 0.15) is 49.9 Å². The van der Waals surface area contributed by atoms with Crippen molar-refractivity contribution in [3.63, 3.8) is 0 Å². The summed E-state index contributed by atoms with van der Waals surface area (Å²) in [5.41, 5.74) is 6.09. The minimum atomic E-state index is -4.70. The summed E-state index contributed by atoms with van der Waals surface area (Å²) in [6.07, 6.45) is -13.1. The summed E-state index contributed by atoms with van der Waals surface area (Å²) < 4.78 is 128. The first-order chi connectivity index (χ1) is 38.8. The van der Waals surface area contributed by atoms with Crippen LogP contribution >= 0.6 is 0 Å². The number of nitrogens with one attached hydrogen (secondary N) is 5. The number of aliphatic hydroxyl groups excluding tert-OH is 4. The highest BCUT2D eigenvalue weighted by molar-refractivity contribution is 5.76. The summed E-state index contributed by atoms with van der Waals surface area (Å²) in [4.78, 5) is 54.5. The Bertz CT molecular complexity index is 2180. The maximum Gasteiger partial charge on any atom is 0.433 e. The van der Waals surface area contributed by atoms with Gasteiger partial charge in [0.2, 0.25) is 29.6 Å². The number of rotatable bonds is 40. The first-order valence-electron chi connectivity index (χ1n) is 26.0. The zero-order valence-electron chi connectivity index (χ0n) is 44.3. The highest BCUT2D eigenvalue weighted by Gasteiger charge is 2.41.